The van der Waals surface area contributed by atoms with Gasteiger partial charge in [0.05, 0.1) is 11.4 Å². The van der Waals surface area contributed by atoms with E-state index in [-0.39, 0.29) is 18.6 Å². The Kier molecular flexibility index (Phi) is 3.97. The second kappa shape index (κ2) is 5.03. The zero-order valence-electron chi connectivity index (χ0n) is 9.62. The summed E-state index contributed by atoms with van der Waals surface area (Å²) in [5.74, 6) is 0.213. The van der Waals surface area contributed by atoms with Gasteiger partial charge in [0, 0.05) is 12.6 Å². The molecule has 1 aromatic rings. The van der Waals surface area contributed by atoms with Gasteiger partial charge >= 0.3 is 0 Å². The van der Waals surface area contributed by atoms with Crippen molar-refractivity contribution in [1.82, 2.24) is 0 Å². The quantitative estimate of drug-likeness (QED) is 0.663. The molecule has 4 N–H and O–H groups in total. The summed E-state index contributed by atoms with van der Waals surface area (Å²) in [5.41, 5.74) is 8.73. The first-order valence-corrected chi connectivity index (χ1v) is 5.28. The van der Waals surface area contributed by atoms with Crippen LogP contribution in [0.3, 0.4) is 0 Å². The van der Waals surface area contributed by atoms with Crippen LogP contribution in [0.1, 0.15) is 19.4 Å². The molecule has 0 fully saturated rings. The van der Waals surface area contributed by atoms with E-state index in [4.69, 9.17) is 10.8 Å². The molecular formula is C12H20N2O. The minimum absolute atomic E-state index is 0.180. The van der Waals surface area contributed by atoms with E-state index in [1.54, 1.807) is 0 Å². The summed E-state index contributed by atoms with van der Waals surface area (Å²) >= 11 is 0. The van der Waals surface area contributed by atoms with Gasteiger partial charge in [0.2, 0.25) is 0 Å². The highest BCUT2D eigenvalue weighted by molar-refractivity contribution is 5.67. The van der Waals surface area contributed by atoms with Gasteiger partial charge < -0.3 is 16.2 Å². The number of aliphatic hydroxyl groups is 1. The third kappa shape index (κ3) is 3.13. The minimum Gasteiger partial charge on any atom is -0.397 e. The number of nitrogen functional groups attached to an aromatic ring is 1. The van der Waals surface area contributed by atoms with Crippen molar-refractivity contribution in [3.05, 3.63) is 23.8 Å². The van der Waals surface area contributed by atoms with E-state index in [2.05, 4.69) is 5.32 Å². The van der Waals surface area contributed by atoms with Crippen LogP contribution in [0.2, 0.25) is 0 Å². The smallest absolute Gasteiger partial charge is 0.0578 e. The van der Waals surface area contributed by atoms with Crippen molar-refractivity contribution in [2.45, 2.75) is 26.8 Å². The molecule has 3 heteroatoms. The summed E-state index contributed by atoms with van der Waals surface area (Å²) in [5, 5.41) is 12.4. The third-order valence-electron chi connectivity index (χ3n) is 2.73. The molecule has 0 saturated carbocycles. The number of anilines is 2. The van der Waals surface area contributed by atoms with Gasteiger partial charge in [0.1, 0.15) is 0 Å². The first-order chi connectivity index (χ1) is 7.04. The van der Waals surface area contributed by atoms with E-state index < -0.39 is 0 Å². The lowest BCUT2D eigenvalue weighted by Gasteiger charge is -2.21. The van der Waals surface area contributed by atoms with Crippen molar-refractivity contribution in [3.63, 3.8) is 0 Å². The van der Waals surface area contributed by atoms with Gasteiger partial charge in [0.25, 0.3) is 0 Å². The van der Waals surface area contributed by atoms with E-state index in [0.29, 0.717) is 0 Å². The van der Waals surface area contributed by atoms with Gasteiger partial charge in [-0.25, -0.2) is 0 Å². The Morgan fingerprint density at radius 3 is 2.67 bits per heavy atom. The first kappa shape index (κ1) is 11.9. The van der Waals surface area contributed by atoms with Crippen molar-refractivity contribution >= 4 is 11.4 Å². The SMILES string of the molecule is Cc1ccc(N)c(NC(C)C(C)CO)c1. The molecule has 0 aliphatic heterocycles. The van der Waals surface area contributed by atoms with Crippen LogP contribution in [0.5, 0.6) is 0 Å². The molecule has 0 aliphatic carbocycles. The fourth-order valence-corrected chi connectivity index (χ4v) is 1.34. The first-order valence-electron chi connectivity index (χ1n) is 5.28. The highest BCUT2D eigenvalue weighted by atomic mass is 16.3. The largest absolute Gasteiger partial charge is 0.397 e. The Balaban J connectivity index is 2.75. The maximum Gasteiger partial charge on any atom is 0.0578 e. The Morgan fingerprint density at radius 2 is 2.07 bits per heavy atom. The Morgan fingerprint density at radius 1 is 1.40 bits per heavy atom. The molecule has 0 spiro atoms. The van der Waals surface area contributed by atoms with E-state index in [9.17, 15) is 0 Å². The molecule has 84 valence electrons. The monoisotopic (exact) mass is 208 g/mol. The van der Waals surface area contributed by atoms with Crippen molar-refractivity contribution in [3.8, 4) is 0 Å². The molecule has 0 heterocycles. The zero-order valence-corrected chi connectivity index (χ0v) is 9.62. The van der Waals surface area contributed by atoms with Gasteiger partial charge in [0.15, 0.2) is 0 Å². The van der Waals surface area contributed by atoms with Gasteiger partial charge in [-0.1, -0.05) is 13.0 Å². The van der Waals surface area contributed by atoms with E-state index in [1.807, 2.05) is 39.0 Å². The fourth-order valence-electron chi connectivity index (χ4n) is 1.34. The molecule has 1 rings (SSSR count). The summed E-state index contributed by atoms with van der Waals surface area (Å²) in [6.07, 6.45) is 0. The number of hydrogen-bond donors (Lipinski definition) is 3. The van der Waals surface area contributed by atoms with Crippen LogP contribution in [-0.4, -0.2) is 17.8 Å². The molecule has 0 bridgehead atoms. The number of hydrogen-bond acceptors (Lipinski definition) is 3. The Bertz CT molecular complexity index is 325. The Hall–Kier alpha value is -1.22. The van der Waals surface area contributed by atoms with Gasteiger partial charge in [-0.15, -0.1) is 0 Å². The van der Waals surface area contributed by atoms with Crippen LogP contribution in [-0.2, 0) is 0 Å². The van der Waals surface area contributed by atoms with Crippen molar-refractivity contribution in [2.24, 2.45) is 5.92 Å². The lowest BCUT2D eigenvalue weighted by molar-refractivity contribution is 0.226. The molecule has 3 nitrogen and oxygen atoms in total. The predicted molar refractivity (Wildman–Crippen MR) is 64.9 cm³/mol. The number of nitrogens with two attached hydrogens (primary N) is 1. The molecule has 1 aromatic carbocycles. The number of nitrogens with one attached hydrogen (secondary N) is 1. The lowest BCUT2D eigenvalue weighted by atomic mass is 10.0. The average Bonchev–Trinajstić information content (AvgIpc) is 2.22. The molecule has 15 heavy (non-hydrogen) atoms. The maximum absolute atomic E-state index is 9.04. The normalized spacial score (nSPS) is 14.7. The third-order valence-corrected chi connectivity index (χ3v) is 2.73. The number of aryl methyl sites for hydroxylation is 1. The topological polar surface area (TPSA) is 58.3 Å². The molecule has 2 atom stereocenters. The van der Waals surface area contributed by atoms with E-state index in [1.165, 1.54) is 5.56 Å². The van der Waals surface area contributed by atoms with E-state index in [0.717, 1.165) is 11.4 Å². The van der Waals surface area contributed by atoms with Crippen LogP contribution < -0.4 is 11.1 Å². The highest BCUT2D eigenvalue weighted by Gasteiger charge is 2.11. The summed E-state index contributed by atoms with van der Waals surface area (Å²) in [4.78, 5) is 0. The average molecular weight is 208 g/mol. The molecular weight excluding hydrogens is 188 g/mol. The molecule has 0 amide bonds. The van der Waals surface area contributed by atoms with Crippen molar-refractivity contribution in [1.29, 1.82) is 0 Å². The van der Waals surface area contributed by atoms with E-state index >= 15 is 0 Å². The van der Waals surface area contributed by atoms with Gasteiger partial charge in [-0.2, -0.15) is 0 Å². The summed E-state index contributed by atoms with van der Waals surface area (Å²) in [6, 6.07) is 6.11. The number of rotatable bonds is 4. The highest BCUT2D eigenvalue weighted by Crippen LogP contribution is 2.21. The van der Waals surface area contributed by atoms with Crippen molar-refractivity contribution in [2.75, 3.05) is 17.7 Å². The number of benzene rings is 1. The molecule has 0 radical (unpaired) electrons. The van der Waals surface area contributed by atoms with Crippen LogP contribution in [0.4, 0.5) is 11.4 Å². The van der Waals surface area contributed by atoms with Crippen LogP contribution in [0.25, 0.3) is 0 Å². The molecule has 0 aliphatic rings. The second-order valence-electron chi connectivity index (χ2n) is 4.18. The van der Waals surface area contributed by atoms with Crippen molar-refractivity contribution < 1.29 is 5.11 Å². The van der Waals surface area contributed by atoms with Crippen LogP contribution >= 0.6 is 0 Å². The molecule has 2 unspecified atom stereocenters. The zero-order chi connectivity index (χ0) is 11.4. The summed E-state index contributed by atoms with van der Waals surface area (Å²) in [6.45, 7) is 6.26. The van der Waals surface area contributed by atoms with Gasteiger partial charge in [-0.3, -0.25) is 0 Å². The maximum atomic E-state index is 9.04. The van der Waals surface area contributed by atoms with Crippen LogP contribution in [0.15, 0.2) is 18.2 Å². The second-order valence-corrected chi connectivity index (χ2v) is 4.18. The van der Waals surface area contributed by atoms with Crippen LogP contribution in [0, 0.1) is 12.8 Å². The van der Waals surface area contributed by atoms with Gasteiger partial charge in [-0.05, 0) is 37.5 Å². The standard InChI is InChI=1S/C12H20N2O/c1-8-4-5-11(13)12(6-8)14-10(3)9(2)7-15/h4-6,9-10,14-15H,7,13H2,1-3H3. The fraction of sp³-hybridized carbons (Fsp3) is 0.500. The lowest BCUT2D eigenvalue weighted by Crippen LogP contribution is -2.26. The number of aliphatic hydroxyl groups excluding tert-OH is 1. The molecule has 0 saturated heterocycles. The predicted octanol–water partition coefficient (Wildman–Crippen LogP) is 2.01. The minimum atomic E-state index is 0.180. The summed E-state index contributed by atoms with van der Waals surface area (Å²) < 4.78 is 0. The molecule has 0 aromatic heterocycles. The Labute approximate surface area is 91.3 Å². The summed E-state index contributed by atoms with van der Waals surface area (Å²) in [7, 11) is 0.